The smallest absolute Gasteiger partial charge is 0.326 e. The number of carboxylic acids is 1. The van der Waals surface area contributed by atoms with Crippen molar-refractivity contribution in [3.05, 3.63) is 65.7 Å². The van der Waals surface area contributed by atoms with Crippen molar-refractivity contribution in [3.63, 3.8) is 0 Å². The van der Waals surface area contributed by atoms with Crippen molar-refractivity contribution in [2.75, 3.05) is 0 Å². The summed E-state index contributed by atoms with van der Waals surface area (Å²) >= 11 is 0. The number of benzene rings is 2. The number of phenolic OH excluding ortho intramolecular Hbond substituents is 1. The number of phenols is 1. The minimum Gasteiger partial charge on any atom is -0.508 e. The summed E-state index contributed by atoms with van der Waals surface area (Å²) in [5.74, 6) is -2.26. The zero-order valence-electron chi connectivity index (χ0n) is 20.7. The Labute approximate surface area is 216 Å². The first-order valence-electron chi connectivity index (χ1n) is 12.8. The Bertz CT molecular complexity index is 1110. The van der Waals surface area contributed by atoms with E-state index in [-0.39, 0.29) is 30.4 Å². The standard InChI is InChI=1S/C28H35N3O6/c29-21(15-18-8-10-19(32)11-9-18)26(35)30-22-12-14-28(24(22)33)13-4-7-20(28)25(34)31-23(27(36)37)16-17-5-2-1-3-6-17/h1-3,5-6,8-11,20-24,32-33H,4,7,12-16,29H2,(H,30,35)(H,31,34)(H,36,37)/t20-,21+,22-,23+,24-,28+/m0/s1. The van der Waals surface area contributed by atoms with Crippen LogP contribution in [0.1, 0.15) is 43.2 Å². The molecule has 0 aliphatic heterocycles. The first kappa shape index (κ1) is 26.6. The van der Waals surface area contributed by atoms with Gasteiger partial charge in [-0.3, -0.25) is 9.59 Å². The number of carbonyl (C=O) groups excluding carboxylic acids is 2. The van der Waals surface area contributed by atoms with Crippen LogP contribution in [0.25, 0.3) is 0 Å². The highest BCUT2D eigenvalue weighted by Gasteiger charge is 2.57. The molecular weight excluding hydrogens is 474 g/mol. The van der Waals surface area contributed by atoms with Gasteiger partial charge in [-0.25, -0.2) is 4.79 Å². The van der Waals surface area contributed by atoms with Gasteiger partial charge in [0.25, 0.3) is 0 Å². The summed E-state index contributed by atoms with van der Waals surface area (Å²) < 4.78 is 0. The number of aliphatic carboxylic acids is 1. The van der Waals surface area contributed by atoms with Gasteiger partial charge in [-0.2, -0.15) is 0 Å². The molecule has 2 aromatic carbocycles. The molecule has 0 bridgehead atoms. The van der Waals surface area contributed by atoms with Crippen LogP contribution in [0.2, 0.25) is 0 Å². The van der Waals surface area contributed by atoms with Crippen molar-refractivity contribution in [1.29, 1.82) is 0 Å². The van der Waals surface area contributed by atoms with E-state index in [1.54, 1.807) is 12.1 Å². The van der Waals surface area contributed by atoms with Crippen LogP contribution in [0.3, 0.4) is 0 Å². The molecule has 4 rings (SSSR count). The van der Waals surface area contributed by atoms with E-state index >= 15 is 0 Å². The lowest BCUT2D eigenvalue weighted by Crippen LogP contribution is -2.54. The third-order valence-electron chi connectivity index (χ3n) is 7.99. The van der Waals surface area contributed by atoms with Gasteiger partial charge in [-0.05, 0) is 55.4 Å². The maximum Gasteiger partial charge on any atom is 0.326 e. The summed E-state index contributed by atoms with van der Waals surface area (Å²) in [7, 11) is 0. The molecule has 2 fully saturated rings. The molecule has 9 heteroatoms. The van der Waals surface area contributed by atoms with Crippen LogP contribution in [0.5, 0.6) is 5.75 Å². The molecule has 2 saturated carbocycles. The Morgan fingerprint density at radius 3 is 2.32 bits per heavy atom. The average Bonchev–Trinajstić information content (AvgIpc) is 3.45. The highest BCUT2D eigenvalue weighted by molar-refractivity contribution is 5.86. The summed E-state index contributed by atoms with van der Waals surface area (Å²) in [6, 6.07) is 13.2. The summed E-state index contributed by atoms with van der Waals surface area (Å²) in [4.78, 5) is 38.0. The number of rotatable bonds is 9. The van der Waals surface area contributed by atoms with E-state index in [9.17, 15) is 29.7 Å². The first-order chi connectivity index (χ1) is 17.7. The number of carboxylic acid groups (broad SMARTS) is 1. The summed E-state index contributed by atoms with van der Waals surface area (Å²) in [5.41, 5.74) is 7.01. The maximum atomic E-state index is 13.3. The predicted molar refractivity (Wildman–Crippen MR) is 136 cm³/mol. The molecule has 6 atom stereocenters. The monoisotopic (exact) mass is 509 g/mol. The number of hydrogen-bond acceptors (Lipinski definition) is 6. The zero-order chi connectivity index (χ0) is 26.6. The molecule has 198 valence electrons. The minimum atomic E-state index is -1.11. The second-order valence-corrected chi connectivity index (χ2v) is 10.3. The molecule has 2 amide bonds. The van der Waals surface area contributed by atoms with Crippen molar-refractivity contribution < 1.29 is 29.7 Å². The van der Waals surface area contributed by atoms with Crippen molar-refractivity contribution in [1.82, 2.24) is 10.6 Å². The molecular formula is C28H35N3O6. The van der Waals surface area contributed by atoms with Crippen molar-refractivity contribution >= 4 is 17.8 Å². The van der Waals surface area contributed by atoms with Crippen LogP contribution in [-0.2, 0) is 27.2 Å². The number of aliphatic hydroxyl groups excluding tert-OH is 1. The molecule has 9 nitrogen and oxygen atoms in total. The Morgan fingerprint density at radius 2 is 1.65 bits per heavy atom. The number of amides is 2. The van der Waals surface area contributed by atoms with Gasteiger partial charge in [0.1, 0.15) is 11.8 Å². The highest BCUT2D eigenvalue weighted by Crippen LogP contribution is 2.54. The molecule has 0 saturated heterocycles. The third kappa shape index (κ3) is 5.94. The topological polar surface area (TPSA) is 162 Å². The molecule has 2 aromatic rings. The fourth-order valence-corrected chi connectivity index (χ4v) is 6.01. The van der Waals surface area contributed by atoms with Crippen molar-refractivity contribution in [2.45, 2.75) is 69.2 Å². The van der Waals surface area contributed by atoms with E-state index in [4.69, 9.17) is 5.73 Å². The van der Waals surface area contributed by atoms with Gasteiger partial charge in [-0.1, -0.05) is 48.9 Å². The lowest BCUT2D eigenvalue weighted by molar-refractivity contribution is -0.144. The number of hydrogen-bond donors (Lipinski definition) is 6. The third-order valence-corrected chi connectivity index (χ3v) is 7.99. The molecule has 37 heavy (non-hydrogen) atoms. The van der Waals surface area contributed by atoms with Gasteiger partial charge in [0.2, 0.25) is 11.8 Å². The van der Waals surface area contributed by atoms with Crippen LogP contribution in [0.15, 0.2) is 54.6 Å². The molecule has 0 heterocycles. The van der Waals surface area contributed by atoms with Gasteiger partial charge in [0.05, 0.1) is 18.2 Å². The number of aliphatic hydroxyl groups is 1. The second-order valence-electron chi connectivity index (χ2n) is 10.3. The first-order valence-corrected chi connectivity index (χ1v) is 12.8. The van der Waals surface area contributed by atoms with Gasteiger partial charge >= 0.3 is 5.97 Å². The van der Waals surface area contributed by atoms with E-state index in [1.165, 1.54) is 12.1 Å². The number of carbonyl (C=O) groups is 3. The largest absolute Gasteiger partial charge is 0.508 e. The van der Waals surface area contributed by atoms with E-state index in [0.717, 1.165) is 17.5 Å². The molecule has 1 spiro atoms. The Hall–Kier alpha value is -3.43. The van der Waals surface area contributed by atoms with Crippen LogP contribution in [0, 0.1) is 11.3 Å². The SMILES string of the molecule is N[C@H](Cc1ccc(O)cc1)C(=O)N[C@H]1CC[C@@]2(CCC[C@H]2C(=O)N[C@H](Cc2ccccc2)C(=O)O)[C@H]1O. The van der Waals surface area contributed by atoms with Gasteiger partial charge in [-0.15, -0.1) is 0 Å². The lowest BCUT2D eigenvalue weighted by atomic mass is 9.73. The van der Waals surface area contributed by atoms with Crippen molar-refractivity contribution in [2.24, 2.45) is 17.1 Å². The minimum absolute atomic E-state index is 0.131. The normalized spacial score (nSPS) is 26.5. The maximum absolute atomic E-state index is 13.3. The Morgan fingerprint density at radius 1 is 0.973 bits per heavy atom. The lowest BCUT2D eigenvalue weighted by Gasteiger charge is -2.36. The van der Waals surface area contributed by atoms with Crippen LogP contribution < -0.4 is 16.4 Å². The molecule has 0 aromatic heterocycles. The average molecular weight is 510 g/mol. The summed E-state index contributed by atoms with van der Waals surface area (Å²) in [6.07, 6.45) is 2.51. The number of aromatic hydroxyl groups is 1. The van der Waals surface area contributed by atoms with Gasteiger partial charge < -0.3 is 31.7 Å². The zero-order valence-corrected chi connectivity index (χ0v) is 20.7. The molecule has 0 unspecified atom stereocenters. The van der Waals surface area contributed by atoms with E-state index in [1.807, 2.05) is 30.3 Å². The fourth-order valence-electron chi connectivity index (χ4n) is 6.01. The van der Waals surface area contributed by atoms with E-state index in [2.05, 4.69) is 10.6 Å². The molecule has 2 aliphatic carbocycles. The highest BCUT2D eigenvalue weighted by atomic mass is 16.4. The summed E-state index contributed by atoms with van der Waals surface area (Å²) in [5, 5.41) is 36.0. The number of nitrogens with one attached hydrogen (secondary N) is 2. The van der Waals surface area contributed by atoms with E-state index < -0.39 is 41.5 Å². The Kier molecular flexibility index (Phi) is 8.14. The second kappa shape index (κ2) is 11.3. The van der Waals surface area contributed by atoms with Crippen LogP contribution in [-0.4, -0.2) is 57.3 Å². The van der Waals surface area contributed by atoms with Gasteiger partial charge in [0.15, 0.2) is 0 Å². The van der Waals surface area contributed by atoms with Crippen LogP contribution in [0.4, 0.5) is 0 Å². The molecule has 0 radical (unpaired) electrons. The fraction of sp³-hybridized carbons (Fsp3) is 0.464. The van der Waals surface area contributed by atoms with Crippen LogP contribution >= 0.6 is 0 Å². The molecule has 7 N–H and O–H groups in total. The van der Waals surface area contributed by atoms with Gasteiger partial charge in [0, 0.05) is 17.8 Å². The number of nitrogens with two attached hydrogens (primary N) is 1. The predicted octanol–water partition coefficient (Wildman–Crippen LogP) is 1.50. The molecule has 2 aliphatic rings. The van der Waals surface area contributed by atoms with Crippen molar-refractivity contribution in [3.8, 4) is 5.75 Å². The van der Waals surface area contributed by atoms with E-state index in [0.29, 0.717) is 25.7 Å². The Balaban J connectivity index is 1.38. The summed E-state index contributed by atoms with van der Waals surface area (Å²) in [6.45, 7) is 0. The quantitative estimate of drug-likeness (QED) is 0.298.